The molecule has 0 heterocycles. The topological polar surface area (TPSA) is 40.9 Å². The van der Waals surface area contributed by atoms with E-state index < -0.39 is 0 Å². The number of allylic oxidation sites excluding steroid dienone is 2. The molecule has 54 valence electrons. The molecule has 0 atom stereocenters. The Morgan fingerprint density at radius 3 is 2.60 bits per heavy atom. The van der Waals surface area contributed by atoms with Gasteiger partial charge < -0.3 is 0 Å². The molecule has 0 aromatic heterocycles. The predicted octanol–water partition coefficient (Wildman–Crippen LogP) is 1.83. The maximum Gasteiger partial charge on any atom is 0.155 e. The van der Waals surface area contributed by atoms with Gasteiger partial charge in [-0.25, -0.2) is 0 Å². The number of ketones is 1. The molecule has 0 saturated carbocycles. The van der Waals surface area contributed by atoms with E-state index in [1.165, 1.54) is 6.92 Å². The lowest BCUT2D eigenvalue weighted by Crippen LogP contribution is -1.95. The van der Waals surface area contributed by atoms with Crippen molar-refractivity contribution in [1.29, 1.82) is 5.26 Å². The second kappa shape index (κ2) is 4.75. The van der Waals surface area contributed by atoms with Crippen molar-refractivity contribution in [3.63, 3.8) is 0 Å². The molecule has 0 spiro atoms. The van der Waals surface area contributed by atoms with Crippen molar-refractivity contribution in [1.82, 2.24) is 0 Å². The van der Waals surface area contributed by atoms with Crippen LogP contribution in [0.4, 0.5) is 0 Å². The summed E-state index contributed by atoms with van der Waals surface area (Å²) in [5.74, 6) is 0.0674. The van der Waals surface area contributed by atoms with Gasteiger partial charge in [0.15, 0.2) is 5.78 Å². The summed E-state index contributed by atoms with van der Waals surface area (Å²) in [4.78, 5) is 10.7. The summed E-state index contributed by atoms with van der Waals surface area (Å²) >= 11 is 0. The zero-order valence-electron chi connectivity index (χ0n) is 6.35. The number of hydrogen-bond donors (Lipinski definition) is 0. The Hall–Kier alpha value is -1.10. The summed E-state index contributed by atoms with van der Waals surface area (Å²) in [5, 5.41) is 8.20. The van der Waals surface area contributed by atoms with Crippen LogP contribution in [0.15, 0.2) is 11.6 Å². The molecule has 0 amide bonds. The van der Waals surface area contributed by atoms with Crippen molar-refractivity contribution in [2.24, 2.45) is 0 Å². The lowest BCUT2D eigenvalue weighted by molar-refractivity contribution is -0.113. The monoisotopic (exact) mass is 137 g/mol. The second-order valence-corrected chi connectivity index (χ2v) is 2.03. The molecule has 2 nitrogen and oxygen atoms in total. The summed E-state index contributed by atoms with van der Waals surface area (Å²) in [6.45, 7) is 3.33. The van der Waals surface area contributed by atoms with E-state index in [1.807, 2.05) is 13.0 Å². The van der Waals surface area contributed by atoms with Gasteiger partial charge in [0.05, 0.1) is 6.07 Å². The van der Waals surface area contributed by atoms with Crippen molar-refractivity contribution in [3.8, 4) is 6.07 Å². The van der Waals surface area contributed by atoms with E-state index >= 15 is 0 Å². The van der Waals surface area contributed by atoms with E-state index in [-0.39, 0.29) is 5.78 Å². The Morgan fingerprint density at radius 1 is 1.70 bits per heavy atom. The van der Waals surface area contributed by atoms with E-state index in [0.717, 1.165) is 5.57 Å². The van der Waals surface area contributed by atoms with Crippen molar-refractivity contribution < 1.29 is 4.79 Å². The van der Waals surface area contributed by atoms with Crippen LogP contribution in [-0.2, 0) is 4.79 Å². The van der Waals surface area contributed by atoms with Gasteiger partial charge in [0.2, 0.25) is 0 Å². The fourth-order valence-electron chi connectivity index (χ4n) is 0.714. The smallest absolute Gasteiger partial charge is 0.155 e. The lowest BCUT2D eigenvalue weighted by Gasteiger charge is -1.95. The van der Waals surface area contributed by atoms with Crippen molar-refractivity contribution >= 4 is 5.78 Å². The van der Waals surface area contributed by atoms with Gasteiger partial charge in [-0.15, -0.1) is 0 Å². The number of nitriles is 1. The molecule has 0 fully saturated rings. The molecule has 0 saturated heterocycles. The van der Waals surface area contributed by atoms with Crippen LogP contribution in [0.25, 0.3) is 0 Å². The molecular formula is C8H11NO. The van der Waals surface area contributed by atoms with Crippen LogP contribution in [0.5, 0.6) is 0 Å². The first-order chi connectivity index (χ1) is 4.72. The van der Waals surface area contributed by atoms with Gasteiger partial charge in [-0.3, -0.25) is 4.79 Å². The van der Waals surface area contributed by atoms with E-state index in [4.69, 9.17) is 5.26 Å². The summed E-state index contributed by atoms with van der Waals surface area (Å²) < 4.78 is 0. The van der Waals surface area contributed by atoms with Crippen LogP contribution in [0.3, 0.4) is 0 Å². The standard InChI is InChI=1S/C8H11NO/c1-3-8(7(2)10)5-4-6-9/h3H,4-5H2,1-2H3/b8-3+. The molecule has 0 aromatic rings. The molecule has 0 aromatic carbocycles. The Morgan fingerprint density at radius 2 is 2.30 bits per heavy atom. The van der Waals surface area contributed by atoms with Crippen molar-refractivity contribution in [3.05, 3.63) is 11.6 Å². The van der Waals surface area contributed by atoms with Gasteiger partial charge in [0, 0.05) is 6.42 Å². The molecule has 2 heteroatoms. The Labute approximate surface area is 61.2 Å². The molecule has 10 heavy (non-hydrogen) atoms. The third kappa shape index (κ3) is 3.03. The number of Topliss-reactive ketones (excluding diaryl/α,β-unsaturated/α-hetero) is 1. The first-order valence-corrected chi connectivity index (χ1v) is 3.25. The third-order valence-electron chi connectivity index (χ3n) is 1.31. The minimum absolute atomic E-state index is 0.0674. The predicted molar refractivity (Wildman–Crippen MR) is 39.3 cm³/mol. The number of carbonyl (C=O) groups is 1. The third-order valence-corrected chi connectivity index (χ3v) is 1.31. The minimum Gasteiger partial charge on any atom is -0.295 e. The van der Waals surface area contributed by atoms with Gasteiger partial charge in [0.25, 0.3) is 0 Å². The highest BCUT2D eigenvalue weighted by Gasteiger charge is 1.99. The Kier molecular flexibility index (Phi) is 4.23. The maximum atomic E-state index is 10.7. The van der Waals surface area contributed by atoms with Crippen LogP contribution in [0.1, 0.15) is 26.7 Å². The van der Waals surface area contributed by atoms with Crippen LogP contribution in [-0.4, -0.2) is 5.78 Å². The van der Waals surface area contributed by atoms with Crippen LogP contribution in [0.2, 0.25) is 0 Å². The van der Waals surface area contributed by atoms with Crippen LogP contribution < -0.4 is 0 Å². The van der Waals surface area contributed by atoms with E-state index in [0.29, 0.717) is 12.8 Å². The number of hydrogen-bond acceptors (Lipinski definition) is 2. The summed E-state index contributed by atoms with van der Waals surface area (Å²) in [7, 11) is 0. The van der Waals surface area contributed by atoms with Gasteiger partial charge in [-0.05, 0) is 25.8 Å². The molecular weight excluding hydrogens is 126 g/mol. The van der Waals surface area contributed by atoms with Crippen LogP contribution >= 0.6 is 0 Å². The highest BCUT2D eigenvalue weighted by atomic mass is 16.1. The molecule has 0 radical (unpaired) electrons. The SMILES string of the molecule is C/C=C(\CCC#N)C(C)=O. The fraction of sp³-hybridized carbons (Fsp3) is 0.500. The maximum absolute atomic E-state index is 10.7. The normalized spacial score (nSPS) is 10.7. The summed E-state index contributed by atoms with van der Waals surface area (Å²) in [6, 6.07) is 1.99. The van der Waals surface area contributed by atoms with E-state index in [1.54, 1.807) is 6.08 Å². The highest BCUT2D eigenvalue weighted by Crippen LogP contribution is 2.04. The molecule has 0 N–H and O–H groups in total. The summed E-state index contributed by atoms with van der Waals surface area (Å²) in [6.07, 6.45) is 2.78. The minimum atomic E-state index is 0.0674. The Balaban J connectivity index is 3.89. The van der Waals surface area contributed by atoms with Crippen LogP contribution in [0, 0.1) is 11.3 Å². The van der Waals surface area contributed by atoms with E-state index in [2.05, 4.69) is 0 Å². The average molecular weight is 137 g/mol. The highest BCUT2D eigenvalue weighted by molar-refractivity contribution is 5.93. The van der Waals surface area contributed by atoms with E-state index in [9.17, 15) is 4.79 Å². The number of rotatable bonds is 3. The summed E-state index contributed by atoms with van der Waals surface area (Å²) in [5.41, 5.74) is 0.751. The quantitative estimate of drug-likeness (QED) is 0.557. The first-order valence-electron chi connectivity index (χ1n) is 3.25. The zero-order valence-corrected chi connectivity index (χ0v) is 6.35. The number of nitrogens with zero attached hydrogens (tertiary/aromatic N) is 1. The molecule has 0 aliphatic heterocycles. The van der Waals surface area contributed by atoms with Crippen molar-refractivity contribution in [2.45, 2.75) is 26.7 Å². The van der Waals surface area contributed by atoms with Gasteiger partial charge in [-0.1, -0.05) is 6.08 Å². The molecule has 0 rings (SSSR count). The molecule has 0 bridgehead atoms. The Bertz CT molecular complexity index is 186. The molecule has 0 unspecified atom stereocenters. The molecule has 0 aliphatic carbocycles. The van der Waals surface area contributed by atoms with Gasteiger partial charge in [0.1, 0.15) is 0 Å². The first kappa shape index (κ1) is 8.90. The second-order valence-electron chi connectivity index (χ2n) is 2.03. The molecule has 0 aliphatic rings. The fourth-order valence-corrected chi connectivity index (χ4v) is 0.714. The lowest BCUT2D eigenvalue weighted by atomic mass is 10.1. The van der Waals surface area contributed by atoms with Gasteiger partial charge >= 0.3 is 0 Å². The average Bonchev–Trinajstić information content (AvgIpc) is 1.89. The number of carbonyl (C=O) groups excluding carboxylic acids is 1. The zero-order chi connectivity index (χ0) is 7.98. The largest absolute Gasteiger partial charge is 0.295 e. The van der Waals surface area contributed by atoms with Gasteiger partial charge in [-0.2, -0.15) is 5.26 Å². The van der Waals surface area contributed by atoms with Crippen molar-refractivity contribution in [2.75, 3.05) is 0 Å².